The number of phosphoric ester groups is 2. The van der Waals surface area contributed by atoms with Gasteiger partial charge in [-0.2, -0.15) is 0 Å². The molecular formula is C43H80O14P2. The summed E-state index contributed by atoms with van der Waals surface area (Å²) >= 11 is 0. The number of esters is 2. The molecule has 5 N–H and O–H groups in total. The largest absolute Gasteiger partial charge is 0.472 e. The second-order valence-electron chi connectivity index (χ2n) is 15.7. The Balaban J connectivity index is 4.68. The van der Waals surface area contributed by atoms with E-state index in [9.17, 15) is 33.8 Å². The van der Waals surface area contributed by atoms with Gasteiger partial charge in [0.2, 0.25) is 0 Å². The van der Waals surface area contributed by atoms with Gasteiger partial charge in [-0.05, 0) is 44.4 Å². The second kappa shape index (κ2) is 38.0. The van der Waals surface area contributed by atoms with Crippen LogP contribution in [0.2, 0.25) is 0 Å². The molecule has 0 aliphatic heterocycles. The molecule has 2 unspecified atom stereocenters. The van der Waals surface area contributed by atoms with Crippen molar-refractivity contribution in [1.82, 2.24) is 0 Å². The Hall–Kier alpha value is -1.70. The second-order valence-corrected chi connectivity index (χ2v) is 18.3. The summed E-state index contributed by atoms with van der Waals surface area (Å²) in [6.45, 7) is 3.84. The first-order valence-corrected chi connectivity index (χ1v) is 25.2. The molecule has 0 spiro atoms. The molecule has 0 saturated carbocycles. The summed E-state index contributed by atoms with van der Waals surface area (Å²) in [5.41, 5.74) is 0. The topological polar surface area (TPSA) is 216 Å². The van der Waals surface area contributed by atoms with Crippen molar-refractivity contribution >= 4 is 27.6 Å². The fraction of sp³-hybridized carbons (Fsp3) is 0.814. The molecule has 0 radical (unpaired) electrons. The van der Waals surface area contributed by atoms with Gasteiger partial charge in [0.05, 0.1) is 25.9 Å². The smallest absolute Gasteiger partial charge is 0.462 e. The number of unbranched alkanes of at least 4 members (excludes halogenated alkanes) is 16. The molecule has 14 nitrogen and oxygen atoms in total. The molecule has 0 aromatic carbocycles. The maximum absolute atomic E-state index is 12.7. The van der Waals surface area contributed by atoms with Crippen molar-refractivity contribution in [3.05, 3.63) is 36.5 Å². The molecule has 0 aromatic rings. The van der Waals surface area contributed by atoms with E-state index in [-0.39, 0.29) is 12.8 Å². The first-order valence-electron chi connectivity index (χ1n) is 22.1. The standard InChI is InChI=1S/C43H80O14P2/c1-4-5-6-7-8-9-10-11-14-17-20-23-26-30-39(44)31-28-33-42(46)53-36-41(37-56-59(51,52)55-35-40(45)34-54-58(48,49)50)57-43(47)32-27-24-21-18-15-12-13-16-19-22-25-29-38(2)3/h11,14,20,23,26,30,38-41,44-45H,4-10,12-13,15-19,21-22,24-25,27-29,31-37H2,1-3H3,(H,51,52)(H2,48,49,50)/b14-11+,23-20+,30-26+/t39?,40-,41+/m0/s1. The van der Waals surface area contributed by atoms with E-state index in [1.807, 2.05) is 12.2 Å². The Morgan fingerprint density at radius 2 is 1.15 bits per heavy atom. The summed E-state index contributed by atoms with van der Waals surface area (Å²) in [6.07, 6.45) is 31.8. The predicted octanol–water partition coefficient (Wildman–Crippen LogP) is 10.1. The summed E-state index contributed by atoms with van der Waals surface area (Å²) in [4.78, 5) is 52.7. The lowest BCUT2D eigenvalue weighted by Gasteiger charge is -2.20. The predicted molar refractivity (Wildman–Crippen MR) is 231 cm³/mol. The summed E-state index contributed by atoms with van der Waals surface area (Å²) < 4.78 is 47.6. The lowest BCUT2D eigenvalue weighted by molar-refractivity contribution is -0.161. The number of hydrogen-bond acceptors (Lipinski definition) is 11. The quantitative estimate of drug-likeness (QED) is 0.0127. The maximum Gasteiger partial charge on any atom is 0.472 e. The first-order chi connectivity index (χ1) is 28.1. The number of carbonyl (C=O) groups excluding carboxylic acids is 2. The molecule has 0 saturated heterocycles. The highest BCUT2D eigenvalue weighted by Crippen LogP contribution is 2.43. The third-order valence-electron chi connectivity index (χ3n) is 9.30. The maximum atomic E-state index is 12.7. The van der Waals surface area contributed by atoms with Crippen molar-refractivity contribution in [2.75, 3.05) is 26.4 Å². The van der Waals surface area contributed by atoms with Crippen LogP contribution in [0.5, 0.6) is 0 Å². The van der Waals surface area contributed by atoms with E-state index in [2.05, 4.69) is 42.0 Å². The van der Waals surface area contributed by atoms with E-state index >= 15 is 0 Å². The highest BCUT2D eigenvalue weighted by molar-refractivity contribution is 7.47. The average Bonchev–Trinajstić information content (AvgIpc) is 3.17. The van der Waals surface area contributed by atoms with Gasteiger partial charge >= 0.3 is 27.6 Å². The number of phosphoric acid groups is 2. The van der Waals surface area contributed by atoms with Gasteiger partial charge in [0.15, 0.2) is 6.10 Å². The molecule has 0 aliphatic carbocycles. The zero-order chi connectivity index (χ0) is 44.0. The minimum Gasteiger partial charge on any atom is -0.462 e. The number of carbonyl (C=O) groups is 2. The fourth-order valence-corrected chi connectivity index (χ4v) is 7.05. The Morgan fingerprint density at radius 1 is 0.593 bits per heavy atom. The average molecular weight is 883 g/mol. The van der Waals surface area contributed by atoms with Crippen LogP contribution >= 0.6 is 15.6 Å². The highest BCUT2D eigenvalue weighted by atomic mass is 31.2. The van der Waals surface area contributed by atoms with Crippen LogP contribution in [0.3, 0.4) is 0 Å². The monoisotopic (exact) mass is 883 g/mol. The van der Waals surface area contributed by atoms with Crippen LogP contribution in [-0.2, 0) is 41.8 Å². The van der Waals surface area contributed by atoms with Crippen LogP contribution in [0.15, 0.2) is 36.5 Å². The third-order valence-corrected chi connectivity index (χ3v) is 10.7. The SMILES string of the molecule is CCCCCCCC/C=C/C/C=C/C=C/C(O)CCCC(=O)OC[C@H](COP(=O)(O)OC[C@@H](O)COP(=O)(O)O)OC(=O)CCCCCCCCCCCCCC(C)C. The molecule has 0 amide bonds. The van der Waals surface area contributed by atoms with Crippen molar-refractivity contribution in [3.8, 4) is 0 Å². The van der Waals surface area contributed by atoms with Gasteiger partial charge in [0, 0.05) is 12.8 Å². The zero-order valence-electron chi connectivity index (χ0n) is 36.4. The number of ether oxygens (including phenoxy) is 2. The number of aliphatic hydroxyl groups is 2. The Morgan fingerprint density at radius 3 is 1.78 bits per heavy atom. The molecule has 59 heavy (non-hydrogen) atoms. The third kappa shape index (κ3) is 42.8. The van der Waals surface area contributed by atoms with E-state index < -0.39 is 72.3 Å². The number of aliphatic hydroxyl groups excluding tert-OH is 2. The van der Waals surface area contributed by atoms with Crippen LogP contribution in [0.25, 0.3) is 0 Å². The Bertz CT molecular complexity index is 1220. The molecule has 0 aromatic heterocycles. The number of allylic oxidation sites excluding steroid dienone is 5. The van der Waals surface area contributed by atoms with E-state index in [0.29, 0.717) is 19.3 Å². The number of rotatable bonds is 41. The normalized spacial score (nSPS) is 15.0. The van der Waals surface area contributed by atoms with Crippen molar-refractivity contribution in [2.45, 2.75) is 193 Å². The highest BCUT2D eigenvalue weighted by Gasteiger charge is 2.28. The minimum atomic E-state index is -4.88. The van der Waals surface area contributed by atoms with Crippen LogP contribution in [-0.4, -0.2) is 81.6 Å². The van der Waals surface area contributed by atoms with Crippen LogP contribution in [0.4, 0.5) is 0 Å². The molecule has 346 valence electrons. The minimum absolute atomic E-state index is 0.0276. The summed E-state index contributed by atoms with van der Waals surface area (Å²) in [5, 5.41) is 20.0. The fourth-order valence-electron chi connectivity index (χ4n) is 5.89. The van der Waals surface area contributed by atoms with E-state index in [1.165, 1.54) is 83.5 Å². The Labute approximate surface area is 355 Å². The molecule has 16 heteroatoms. The van der Waals surface area contributed by atoms with Gasteiger partial charge in [0.1, 0.15) is 12.7 Å². The molecule has 4 atom stereocenters. The molecular weight excluding hydrogens is 802 g/mol. The summed E-state index contributed by atoms with van der Waals surface area (Å²) in [6, 6.07) is 0. The molecule has 0 rings (SSSR count). The van der Waals surface area contributed by atoms with Crippen LogP contribution < -0.4 is 0 Å². The molecule has 0 aliphatic rings. The van der Waals surface area contributed by atoms with Crippen LogP contribution in [0, 0.1) is 5.92 Å². The number of hydrogen-bond donors (Lipinski definition) is 5. The molecule has 0 heterocycles. The van der Waals surface area contributed by atoms with Gasteiger partial charge in [-0.1, -0.05) is 160 Å². The first kappa shape index (κ1) is 57.3. The van der Waals surface area contributed by atoms with E-state index in [0.717, 1.165) is 44.4 Å². The van der Waals surface area contributed by atoms with Gasteiger partial charge in [0.25, 0.3) is 0 Å². The van der Waals surface area contributed by atoms with E-state index in [4.69, 9.17) is 23.8 Å². The Kier molecular flexibility index (Phi) is 36.9. The van der Waals surface area contributed by atoms with Gasteiger partial charge in [-0.15, -0.1) is 0 Å². The van der Waals surface area contributed by atoms with Crippen molar-refractivity contribution in [1.29, 1.82) is 0 Å². The van der Waals surface area contributed by atoms with Crippen molar-refractivity contribution in [3.63, 3.8) is 0 Å². The van der Waals surface area contributed by atoms with Crippen molar-refractivity contribution in [2.24, 2.45) is 5.92 Å². The lowest BCUT2D eigenvalue weighted by Crippen LogP contribution is -2.30. The van der Waals surface area contributed by atoms with Gasteiger partial charge in [-0.3, -0.25) is 23.2 Å². The van der Waals surface area contributed by atoms with Gasteiger partial charge in [-0.25, -0.2) is 9.13 Å². The molecule has 0 bridgehead atoms. The summed E-state index contributed by atoms with van der Waals surface area (Å²) in [5.74, 6) is -0.455. The lowest BCUT2D eigenvalue weighted by atomic mass is 10.0. The summed E-state index contributed by atoms with van der Waals surface area (Å²) in [7, 11) is -9.73. The van der Waals surface area contributed by atoms with E-state index in [1.54, 1.807) is 12.2 Å². The molecule has 0 fully saturated rings. The van der Waals surface area contributed by atoms with Crippen molar-refractivity contribution < 1.29 is 66.7 Å². The zero-order valence-corrected chi connectivity index (χ0v) is 38.2. The van der Waals surface area contributed by atoms with Crippen LogP contribution in [0.1, 0.15) is 175 Å². The van der Waals surface area contributed by atoms with Gasteiger partial charge < -0.3 is 34.4 Å².